The molecule has 1 heterocycles. The van der Waals surface area contributed by atoms with Crippen LogP contribution in [0.2, 0.25) is 0 Å². The number of fused-ring (bicyclic) bond motifs is 1. The van der Waals surface area contributed by atoms with Crippen LogP contribution >= 0.6 is 0 Å². The third-order valence-corrected chi connectivity index (χ3v) is 2.93. The smallest absolute Gasteiger partial charge is 0.329 e. The Balaban J connectivity index is 2.29. The predicted molar refractivity (Wildman–Crippen MR) is 61.7 cm³/mol. The van der Waals surface area contributed by atoms with Crippen LogP contribution in [0.15, 0.2) is 18.2 Å². The summed E-state index contributed by atoms with van der Waals surface area (Å²) >= 11 is 0. The zero-order valence-corrected chi connectivity index (χ0v) is 10.0. The zero-order chi connectivity index (χ0) is 14.9. The minimum absolute atomic E-state index is 0.237. The Morgan fingerprint density at radius 1 is 1.45 bits per heavy atom. The van der Waals surface area contributed by atoms with E-state index in [-0.39, 0.29) is 11.3 Å². The molecule has 1 aromatic carbocycles. The van der Waals surface area contributed by atoms with Gasteiger partial charge >= 0.3 is 12.1 Å². The van der Waals surface area contributed by atoms with Crippen molar-refractivity contribution in [1.82, 2.24) is 10.6 Å². The fraction of sp³-hybridized carbons (Fsp3) is 0.364. The molecule has 0 bridgehead atoms. The van der Waals surface area contributed by atoms with Crippen molar-refractivity contribution in [3.63, 3.8) is 0 Å². The van der Waals surface area contributed by atoms with E-state index in [1.807, 2.05) is 0 Å². The standard InChI is InChI=1S/C11H10F3N3O3/c12-11(13,14)10(18)16-9-8-5-7(17(19)20)2-1-6(8)3-4-15-9/h1-2,5,9,15H,3-4H2,(H,16,18). The number of amides is 1. The van der Waals surface area contributed by atoms with Crippen molar-refractivity contribution in [1.29, 1.82) is 0 Å². The second-order valence-electron chi connectivity index (χ2n) is 4.25. The number of benzene rings is 1. The third kappa shape index (κ3) is 2.87. The topological polar surface area (TPSA) is 84.3 Å². The zero-order valence-electron chi connectivity index (χ0n) is 10.0. The molecule has 1 aliphatic heterocycles. The summed E-state index contributed by atoms with van der Waals surface area (Å²) in [6.45, 7) is 0.369. The van der Waals surface area contributed by atoms with Crippen LogP contribution < -0.4 is 10.6 Å². The Hall–Kier alpha value is -2.16. The van der Waals surface area contributed by atoms with Crippen molar-refractivity contribution in [2.24, 2.45) is 0 Å². The molecule has 2 N–H and O–H groups in total. The highest BCUT2D eigenvalue weighted by atomic mass is 19.4. The molecule has 9 heteroatoms. The van der Waals surface area contributed by atoms with Crippen LogP contribution in [-0.2, 0) is 11.2 Å². The lowest BCUT2D eigenvalue weighted by Crippen LogP contribution is -2.46. The first-order valence-corrected chi connectivity index (χ1v) is 5.67. The average molecular weight is 289 g/mol. The maximum Gasteiger partial charge on any atom is 0.471 e. The third-order valence-electron chi connectivity index (χ3n) is 2.93. The molecule has 1 unspecified atom stereocenters. The minimum atomic E-state index is -5.00. The number of halogens is 3. The Kier molecular flexibility index (Phi) is 3.62. The second kappa shape index (κ2) is 5.08. The minimum Gasteiger partial charge on any atom is -0.329 e. The van der Waals surface area contributed by atoms with Gasteiger partial charge in [-0.2, -0.15) is 13.2 Å². The van der Waals surface area contributed by atoms with Gasteiger partial charge in [0.2, 0.25) is 0 Å². The fourth-order valence-electron chi connectivity index (χ4n) is 2.00. The molecule has 20 heavy (non-hydrogen) atoms. The van der Waals surface area contributed by atoms with Crippen LogP contribution in [0.1, 0.15) is 17.3 Å². The number of rotatable bonds is 2. The summed E-state index contributed by atoms with van der Waals surface area (Å²) < 4.78 is 36.7. The summed E-state index contributed by atoms with van der Waals surface area (Å²) in [6, 6.07) is 3.94. The molecule has 0 saturated heterocycles. The molecule has 108 valence electrons. The maximum absolute atomic E-state index is 12.2. The van der Waals surface area contributed by atoms with E-state index in [0.717, 1.165) is 0 Å². The quantitative estimate of drug-likeness (QED) is 0.637. The van der Waals surface area contributed by atoms with Gasteiger partial charge in [0.25, 0.3) is 5.69 Å². The molecule has 0 aromatic heterocycles. The van der Waals surface area contributed by atoms with Crippen LogP contribution in [0.5, 0.6) is 0 Å². The van der Waals surface area contributed by atoms with E-state index in [4.69, 9.17) is 0 Å². The van der Waals surface area contributed by atoms with E-state index in [2.05, 4.69) is 5.32 Å². The van der Waals surface area contributed by atoms with Crippen LogP contribution in [0.3, 0.4) is 0 Å². The van der Waals surface area contributed by atoms with Gasteiger partial charge in [-0.15, -0.1) is 0 Å². The van der Waals surface area contributed by atoms with Crippen molar-refractivity contribution >= 4 is 11.6 Å². The van der Waals surface area contributed by atoms with E-state index in [0.29, 0.717) is 18.5 Å². The van der Waals surface area contributed by atoms with Gasteiger partial charge < -0.3 is 5.32 Å². The van der Waals surface area contributed by atoms with Crippen LogP contribution in [0.4, 0.5) is 18.9 Å². The number of nitro groups is 1. The first-order valence-electron chi connectivity index (χ1n) is 5.67. The molecule has 0 fully saturated rings. The Morgan fingerprint density at radius 3 is 2.75 bits per heavy atom. The first kappa shape index (κ1) is 14.3. The Morgan fingerprint density at radius 2 is 2.15 bits per heavy atom. The van der Waals surface area contributed by atoms with Gasteiger partial charge in [0.1, 0.15) is 6.17 Å². The highest BCUT2D eigenvalue weighted by molar-refractivity contribution is 5.82. The van der Waals surface area contributed by atoms with Gasteiger partial charge in [0, 0.05) is 18.7 Å². The molecule has 1 atom stereocenters. The van der Waals surface area contributed by atoms with Gasteiger partial charge in [-0.05, 0) is 17.5 Å². The normalized spacial score (nSPS) is 18.2. The molecular formula is C11H10F3N3O3. The van der Waals surface area contributed by atoms with Gasteiger partial charge in [0.05, 0.1) is 4.92 Å². The van der Waals surface area contributed by atoms with Gasteiger partial charge in [0.15, 0.2) is 0 Å². The van der Waals surface area contributed by atoms with Crippen LogP contribution in [0, 0.1) is 10.1 Å². The summed E-state index contributed by atoms with van der Waals surface area (Å²) in [7, 11) is 0. The number of carbonyl (C=O) groups excluding carboxylic acids is 1. The van der Waals surface area contributed by atoms with E-state index in [1.165, 1.54) is 18.2 Å². The van der Waals surface area contributed by atoms with Crippen molar-refractivity contribution in [3.8, 4) is 0 Å². The largest absolute Gasteiger partial charge is 0.471 e. The molecular weight excluding hydrogens is 279 g/mol. The van der Waals surface area contributed by atoms with E-state index in [9.17, 15) is 28.1 Å². The average Bonchev–Trinajstić information content (AvgIpc) is 2.37. The number of hydrogen-bond donors (Lipinski definition) is 2. The number of alkyl halides is 3. The number of carbonyl (C=O) groups is 1. The molecule has 0 aliphatic carbocycles. The van der Waals surface area contributed by atoms with E-state index < -0.39 is 23.2 Å². The SMILES string of the molecule is O=C(NC1NCCc2ccc([N+](=O)[O-])cc21)C(F)(F)F. The molecule has 0 spiro atoms. The van der Waals surface area contributed by atoms with Gasteiger partial charge in [-0.25, -0.2) is 0 Å². The molecule has 1 aliphatic rings. The molecule has 2 rings (SSSR count). The number of non-ortho nitro benzene ring substituents is 1. The maximum atomic E-state index is 12.2. The number of nitro benzene ring substituents is 1. The highest BCUT2D eigenvalue weighted by Crippen LogP contribution is 2.26. The number of nitrogens with zero attached hydrogens (tertiary/aromatic N) is 1. The number of nitrogens with one attached hydrogen (secondary N) is 2. The summed E-state index contributed by atoms with van der Waals surface area (Å²) in [5.41, 5.74) is 0.712. The molecule has 0 radical (unpaired) electrons. The summed E-state index contributed by atoms with van der Waals surface area (Å²) in [4.78, 5) is 21.0. The summed E-state index contributed by atoms with van der Waals surface area (Å²) in [6.07, 6.45) is -5.57. The van der Waals surface area contributed by atoms with Crippen molar-refractivity contribution in [2.75, 3.05) is 6.54 Å². The number of hydrogen-bond acceptors (Lipinski definition) is 4. The predicted octanol–water partition coefficient (Wildman–Crippen LogP) is 1.42. The lowest BCUT2D eigenvalue weighted by molar-refractivity contribution is -0.385. The van der Waals surface area contributed by atoms with Crippen LogP contribution in [-0.4, -0.2) is 23.6 Å². The van der Waals surface area contributed by atoms with E-state index in [1.54, 1.807) is 5.32 Å². The van der Waals surface area contributed by atoms with Crippen molar-refractivity contribution < 1.29 is 22.9 Å². The summed E-state index contributed by atoms with van der Waals surface area (Å²) in [5, 5.41) is 15.2. The monoisotopic (exact) mass is 289 g/mol. The summed E-state index contributed by atoms with van der Waals surface area (Å²) in [5.74, 6) is -2.09. The van der Waals surface area contributed by atoms with Gasteiger partial charge in [-0.3, -0.25) is 20.2 Å². The molecule has 6 nitrogen and oxygen atoms in total. The second-order valence-corrected chi connectivity index (χ2v) is 4.25. The molecule has 0 saturated carbocycles. The van der Waals surface area contributed by atoms with Gasteiger partial charge in [-0.1, -0.05) is 6.07 Å². The molecule has 1 amide bonds. The van der Waals surface area contributed by atoms with Crippen molar-refractivity contribution in [3.05, 3.63) is 39.4 Å². The van der Waals surface area contributed by atoms with Crippen molar-refractivity contribution in [2.45, 2.75) is 18.8 Å². The molecule has 1 aromatic rings. The fourth-order valence-corrected chi connectivity index (χ4v) is 2.00. The first-order chi connectivity index (χ1) is 9.29. The van der Waals surface area contributed by atoms with E-state index >= 15 is 0 Å². The van der Waals surface area contributed by atoms with Crippen LogP contribution in [0.25, 0.3) is 0 Å². The highest BCUT2D eigenvalue weighted by Gasteiger charge is 2.40. The lowest BCUT2D eigenvalue weighted by Gasteiger charge is -2.27. The lowest BCUT2D eigenvalue weighted by atomic mass is 9.97. The Bertz CT molecular complexity index is 560. The Labute approximate surface area is 111 Å².